The van der Waals surface area contributed by atoms with Crippen molar-refractivity contribution in [3.05, 3.63) is 139 Å². The van der Waals surface area contributed by atoms with Crippen LogP contribution in [0.2, 0.25) is 10.0 Å². The highest BCUT2D eigenvalue weighted by Gasteiger charge is 2.37. The molecule has 2 amide bonds. The summed E-state index contributed by atoms with van der Waals surface area (Å²) in [5, 5.41) is 16.7. The number of sulfone groups is 1. The summed E-state index contributed by atoms with van der Waals surface area (Å²) in [5.74, 6) is -1.05. The fourth-order valence-corrected chi connectivity index (χ4v) is 11.2. The Morgan fingerprint density at radius 3 is 2.12 bits per heavy atom. The summed E-state index contributed by atoms with van der Waals surface area (Å²) in [4.78, 5) is 69.3. The molecule has 2 aliphatic rings. The van der Waals surface area contributed by atoms with E-state index in [4.69, 9.17) is 96.9 Å². The Morgan fingerprint density at radius 2 is 1.60 bits per heavy atom. The molecule has 92 heavy (non-hydrogen) atoms. The molecule has 1 aliphatic heterocycles. The van der Waals surface area contributed by atoms with Crippen molar-refractivity contribution >= 4 is 110 Å². The zero-order valence-corrected chi connectivity index (χ0v) is 58.0. The van der Waals surface area contributed by atoms with Gasteiger partial charge in [-0.2, -0.15) is 17.9 Å². The summed E-state index contributed by atoms with van der Waals surface area (Å²) in [7, 11) is -5.51. The number of carbonyl (C=O) groups is 4. The van der Waals surface area contributed by atoms with E-state index in [0.29, 0.717) is 59.2 Å². The molecule has 1 aliphatic carbocycles. The lowest BCUT2D eigenvalue weighted by molar-refractivity contribution is -0.139. The SMILES string of the molecule is CC(C)Oc1cc(-n2nc(C(C)(C)C)oc2=O)c(Cl)cc1Cl.CC1COc2ccccc2N1C(=O)C(Cl)Cl.CCc1cccc(C)c1N(C(=O)CCl)C(C)COC.CP(=O)(O)CCC(N)C(=O)O.CS(=O)(=O)c1cc(C(F)(F)F)ccc1C(=O)c1cnoc1C1CC1. The van der Waals surface area contributed by atoms with Crippen LogP contribution in [0.4, 0.5) is 24.5 Å². The van der Waals surface area contributed by atoms with Gasteiger partial charge in [-0.3, -0.25) is 23.7 Å². The minimum Gasteiger partial charge on any atom is -0.489 e. The quantitative estimate of drug-likeness (QED) is 0.0409. The summed E-state index contributed by atoms with van der Waals surface area (Å²) >= 11 is 29.3. The Labute approximate surface area is 556 Å². The molecule has 1 fully saturated rings. The van der Waals surface area contributed by atoms with Gasteiger partial charge >= 0.3 is 17.9 Å². The molecule has 0 spiro atoms. The van der Waals surface area contributed by atoms with E-state index in [1.807, 2.05) is 91.8 Å². The van der Waals surface area contributed by atoms with Gasteiger partial charge in [-0.05, 0) is 108 Å². The first-order chi connectivity index (χ1) is 42.7. The van der Waals surface area contributed by atoms with E-state index in [9.17, 15) is 50.1 Å². The Kier molecular flexibility index (Phi) is 28.9. The third-order valence-electron chi connectivity index (χ3n) is 13.3. The van der Waals surface area contributed by atoms with Crippen molar-refractivity contribution in [1.82, 2.24) is 14.9 Å². The van der Waals surface area contributed by atoms with Gasteiger partial charge in [-0.15, -0.1) is 16.7 Å². The maximum absolute atomic E-state index is 12.8. The molecule has 6 aromatic rings. The standard InChI is InChI=1S/C15H18Cl2N2O3.C15H22ClNO2.C15H12F3NO4S.C11H11Cl2NO2.C5H12NO4P/c1-8(2)21-12-7-11(9(16)6-10(12)17)19-14(20)22-13(18-19)15(3,4)5;1-5-13-8-6-7-11(2)15(13)17(14(18)9-16)12(3)10-19-4;1-24(21,22)12-6-9(15(16,17)18)4-5-10(12)13(20)11-7-19-23-14(11)8-2-3-8;1-7-6-16-9-5-3-2-4-8(9)14(7)11(15)10(12)13;1-11(9,10)3-2-4(6)5(7)8/h6-8H,1-5H3;6-8,12H,5,9-10H2,1-4H3;4-8H,2-3H2,1H3;2-5,7,10H,6H2,1H3;4H,2-3,6H2,1H3,(H,7,8)(H,9,10). The number of nitrogens with zero attached hydrogens (tertiary/aromatic N) is 5. The van der Waals surface area contributed by atoms with Crippen LogP contribution in [0.15, 0.2) is 97.6 Å². The van der Waals surface area contributed by atoms with Gasteiger partial charge in [0, 0.05) is 49.2 Å². The number of para-hydroxylation sites is 3. The second-order valence-electron chi connectivity index (χ2n) is 22.7. The molecule has 506 valence electrons. The van der Waals surface area contributed by atoms with E-state index in [-0.39, 0.29) is 75.9 Å². The van der Waals surface area contributed by atoms with Crippen molar-refractivity contribution in [2.45, 2.75) is 139 Å². The first-order valence-electron chi connectivity index (χ1n) is 28.4. The van der Waals surface area contributed by atoms with Crippen molar-refractivity contribution in [2.24, 2.45) is 5.73 Å². The number of carboxylic acid groups (broad SMARTS) is 1. The number of fused-ring (bicyclic) bond motifs is 1. The number of aryl methyl sites for hydroxylation is 2. The minimum absolute atomic E-state index is 0.0223. The molecule has 4 aromatic carbocycles. The summed E-state index contributed by atoms with van der Waals surface area (Å²) < 4.78 is 101. The van der Waals surface area contributed by atoms with Crippen LogP contribution in [-0.4, -0.2) is 131 Å². The summed E-state index contributed by atoms with van der Waals surface area (Å²) in [5.41, 5.74) is 7.63. The molecule has 4 atom stereocenters. The van der Waals surface area contributed by atoms with Gasteiger partial charge in [0.2, 0.25) is 11.8 Å². The topological polar surface area (TPSA) is 294 Å². The monoisotopic (exact) mass is 1430 g/mol. The largest absolute Gasteiger partial charge is 0.489 e. The highest BCUT2D eigenvalue weighted by molar-refractivity contribution is 7.90. The molecule has 2 aromatic heterocycles. The molecule has 31 heteroatoms. The first kappa shape index (κ1) is 78.5. The number of ketones is 1. The number of carboxylic acids is 1. The van der Waals surface area contributed by atoms with E-state index >= 15 is 0 Å². The number of aliphatic carboxylic acids is 1. The van der Waals surface area contributed by atoms with Crippen LogP contribution in [0, 0.1) is 6.92 Å². The van der Waals surface area contributed by atoms with Gasteiger partial charge in [0.25, 0.3) is 5.91 Å². The van der Waals surface area contributed by atoms with Crippen molar-refractivity contribution in [3.8, 4) is 17.2 Å². The lowest BCUT2D eigenvalue weighted by Crippen LogP contribution is -2.47. The highest BCUT2D eigenvalue weighted by atomic mass is 35.5. The first-order valence-corrected chi connectivity index (χ1v) is 34.8. The maximum atomic E-state index is 12.8. The number of methoxy groups -OCH3 is 1. The zero-order valence-electron chi connectivity index (χ0n) is 52.5. The molecule has 21 nitrogen and oxygen atoms in total. The van der Waals surface area contributed by atoms with Crippen LogP contribution in [-0.2, 0) is 51.5 Å². The Bertz CT molecular complexity index is 3760. The third kappa shape index (κ3) is 22.3. The van der Waals surface area contributed by atoms with Crippen molar-refractivity contribution in [1.29, 1.82) is 0 Å². The van der Waals surface area contributed by atoms with Gasteiger partial charge < -0.3 is 48.7 Å². The summed E-state index contributed by atoms with van der Waals surface area (Å²) in [6.07, 6.45) is -0.331. The molecule has 0 saturated heterocycles. The van der Waals surface area contributed by atoms with E-state index in [1.54, 1.807) is 23.0 Å². The number of carbonyl (C=O) groups excluding carboxylic acids is 3. The lowest BCUT2D eigenvalue weighted by Gasteiger charge is -2.35. The number of alkyl halides is 6. The number of hydrogen-bond acceptors (Lipinski definition) is 16. The number of halogens is 8. The summed E-state index contributed by atoms with van der Waals surface area (Å²) in [6, 6.07) is 17.4. The van der Waals surface area contributed by atoms with E-state index < -0.39 is 62.2 Å². The smallest absolute Gasteiger partial charge is 0.442 e. The van der Waals surface area contributed by atoms with Crippen LogP contribution in [0.3, 0.4) is 0 Å². The van der Waals surface area contributed by atoms with E-state index in [1.165, 1.54) is 18.9 Å². The average Bonchev–Trinajstić information content (AvgIpc) is 1.31. The molecule has 0 bridgehead atoms. The molecule has 4 N–H and O–H groups in total. The Balaban J connectivity index is 0.000000250. The molecule has 0 radical (unpaired) electrons. The maximum Gasteiger partial charge on any atom is 0.442 e. The number of hydrogen-bond donors (Lipinski definition) is 3. The van der Waals surface area contributed by atoms with Gasteiger partial charge in [0.15, 0.2) is 33.6 Å². The number of amides is 2. The van der Waals surface area contributed by atoms with Crippen molar-refractivity contribution in [2.75, 3.05) is 55.1 Å². The van der Waals surface area contributed by atoms with Crippen LogP contribution in [0.1, 0.15) is 125 Å². The molecular weight excluding hydrogens is 1350 g/mol. The predicted molar refractivity (Wildman–Crippen MR) is 348 cm³/mol. The van der Waals surface area contributed by atoms with Gasteiger partial charge in [0.1, 0.15) is 30.0 Å². The van der Waals surface area contributed by atoms with E-state index in [0.717, 1.165) is 58.8 Å². The van der Waals surface area contributed by atoms with Crippen molar-refractivity contribution < 1.29 is 78.5 Å². The molecule has 3 heterocycles. The summed E-state index contributed by atoms with van der Waals surface area (Å²) in [6.45, 7) is 19.5. The number of anilines is 2. The lowest BCUT2D eigenvalue weighted by atomic mass is 9.97. The number of nitrogens with two attached hydrogens (primary N) is 1. The minimum atomic E-state index is -4.71. The predicted octanol–water partition coefficient (Wildman–Crippen LogP) is 12.9. The molecule has 4 unspecified atom stereocenters. The number of benzene rings is 4. The molecule has 8 rings (SSSR count). The second kappa shape index (κ2) is 33.9. The average molecular weight is 1430 g/mol. The normalized spacial score (nSPS) is 15.0. The van der Waals surface area contributed by atoms with Crippen LogP contribution in [0.5, 0.6) is 11.5 Å². The number of rotatable bonds is 18. The zero-order chi connectivity index (χ0) is 69.5. The van der Waals surface area contributed by atoms with E-state index in [2.05, 4.69) is 23.2 Å². The fraction of sp³-hybridized carbons (Fsp3) is 0.459. The van der Waals surface area contributed by atoms with Crippen LogP contribution >= 0.6 is 65.4 Å². The number of ether oxygens (including phenoxy) is 3. The fourth-order valence-electron chi connectivity index (χ4n) is 8.72. The second-order valence-corrected chi connectivity index (χ2v) is 29.4. The highest BCUT2D eigenvalue weighted by Crippen LogP contribution is 2.43. The van der Waals surface area contributed by atoms with Crippen molar-refractivity contribution in [3.63, 3.8) is 0 Å². The molecular formula is C61H75Cl5F3N6O15PS. The Hall–Kier alpha value is -5.99. The van der Waals surface area contributed by atoms with Gasteiger partial charge in [-0.25, -0.2) is 13.2 Å². The van der Waals surface area contributed by atoms with Crippen LogP contribution in [0.25, 0.3) is 5.69 Å². The third-order valence-corrected chi connectivity index (χ3v) is 16.8. The number of aromatic nitrogens is 3. The molecule has 1 saturated carbocycles. The van der Waals surface area contributed by atoms with Crippen LogP contribution < -0.4 is 30.8 Å². The van der Waals surface area contributed by atoms with Gasteiger partial charge in [0.05, 0.1) is 74.1 Å². The van der Waals surface area contributed by atoms with Gasteiger partial charge in [-0.1, -0.05) is 110 Å². The Morgan fingerprint density at radius 1 is 0.957 bits per heavy atom.